The first-order valence-electron chi connectivity index (χ1n) is 10.1. The number of rotatable bonds is 5. The second kappa shape index (κ2) is 7.37. The summed E-state index contributed by atoms with van der Waals surface area (Å²) in [5, 5.41) is 0. The average Bonchev–Trinajstić information content (AvgIpc) is 3.09. The first-order valence-corrected chi connectivity index (χ1v) is 10.1. The molecular weight excluding hydrogens is 340 g/mol. The number of nitrogens with zero attached hydrogens (tertiary/aromatic N) is 2. The highest BCUT2D eigenvalue weighted by Gasteiger charge is 2.29. The molecule has 0 bridgehead atoms. The molecule has 2 aliphatic rings. The molecule has 5 nitrogen and oxygen atoms in total. The summed E-state index contributed by atoms with van der Waals surface area (Å²) in [6, 6.07) is 10.5. The Bertz CT molecular complexity index is 851. The van der Waals surface area contributed by atoms with E-state index in [-0.39, 0.29) is 11.7 Å². The van der Waals surface area contributed by atoms with E-state index in [1.54, 1.807) is 6.07 Å². The van der Waals surface area contributed by atoms with Gasteiger partial charge >= 0.3 is 0 Å². The Morgan fingerprint density at radius 1 is 1.22 bits per heavy atom. The van der Waals surface area contributed by atoms with Crippen molar-refractivity contribution in [1.82, 2.24) is 9.55 Å². The Morgan fingerprint density at radius 2 is 1.96 bits per heavy atom. The van der Waals surface area contributed by atoms with Gasteiger partial charge in [-0.1, -0.05) is 45.2 Å². The molecule has 2 aromatic rings. The van der Waals surface area contributed by atoms with Crippen molar-refractivity contribution < 1.29 is 9.47 Å². The number of aryl methyl sites for hydroxylation is 1. The molecule has 0 saturated heterocycles. The molecule has 1 unspecified atom stereocenters. The minimum Gasteiger partial charge on any atom is -0.490 e. The van der Waals surface area contributed by atoms with Crippen LogP contribution in [0.25, 0.3) is 0 Å². The smallest absolute Gasteiger partial charge is 0.300 e. The maximum absolute atomic E-state index is 11.6. The largest absolute Gasteiger partial charge is 0.490 e. The van der Waals surface area contributed by atoms with Crippen molar-refractivity contribution in [3.63, 3.8) is 0 Å². The summed E-state index contributed by atoms with van der Waals surface area (Å²) in [6.07, 6.45) is 7.21. The van der Waals surface area contributed by atoms with Crippen molar-refractivity contribution in [1.29, 1.82) is 0 Å². The predicted molar refractivity (Wildman–Crippen MR) is 105 cm³/mol. The molecule has 2 heterocycles. The number of aromatic nitrogens is 2. The molecule has 27 heavy (non-hydrogen) atoms. The normalized spacial score (nSPS) is 20.7. The van der Waals surface area contributed by atoms with Crippen LogP contribution < -0.4 is 15.0 Å². The quantitative estimate of drug-likeness (QED) is 0.804. The maximum Gasteiger partial charge on any atom is 0.300 e. The molecule has 5 heteroatoms. The van der Waals surface area contributed by atoms with E-state index in [2.05, 4.69) is 36.2 Å². The summed E-state index contributed by atoms with van der Waals surface area (Å²) in [4.78, 5) is 15.6. The molecule has 144 valence electrons. The zero-order valence-corrected chi connectivity index (χ0v) is 16.2. The van der Waals surface area contributed by atoms with Gasteiger partial charge in [0, 0.05) is 11.8 Å². The second-order valence-corrected chi connectivity index (χ2v) is 8.03. The van der Waals surface area contributed by atoms with Gasteiger partial charge in [-0.25, -0.2) is 0 Å². The van der Waals surface area contributed by atoms with Crippen LogP contribution in [0.2, 0.25) is 0 Å². The zero-order valence-electron chi connectivity index (χ0n) is 16.2. The van der Waals surface area contributed by atoms with E-state index in [9.17, 15) is 4.79 Å². The van der Waals surface area contributed by atoms with Crippen LogP contribution in [0.1, 0.15) is 57.2 Å². The van der Waals surface area contributed by atoms with Gasteiger partial charge in [-0.05, 0) is 42.4 Å². The molecule has 1 aromatic heterocycles. The maximum atomic E-state index is 11.6. The lowest BCUT2D eigenvalue weighted by Gasteiger charge is -2.34. The highest BCUT2D eigenvalue weighted by molar-refractivity contribution is 5.32. The molecule has 0 spiro atoms. The Balaban J connectivity index is 1.38. The lowest BCUT2D eigenvalue weighted by molar-refractivity contribution is 0.143. The van der Waals surface area contributed by atoms with Crippen LogP contribution in [0.5, 0.6) is 11.8 Å². The lowest BCUT2D eigenvalue weighted by Crippen LogP contribution is -2.25. The van der Waals surface area contributed by atoms with Crippen LogP contribution in [0.3, 0.4) is 0 Å². The highest BCUT2D eigenvalue weighted by atomic mass is 16.6. The van der Waals surface area contributed by atoms with Gasteiger partial charge in [0.15, 0.2) is 6.10 Å². The van der Waals surface area contributed by atoms with Crippen LogP contribution in [-0.2, 0) is 18.4 Å². The number of ether oxygens (including phenoxy) is 2. The average molecular weight is 368 g/mol. The summed E-state index contributed by atoms with van der Waals surface area (Å²) in [7, 11) is 0. The van der Waals surface area contributed by atoms with Crippen molar-refractivity contribution in [3.05, 3.63) is 51.9 Å². The van der Waals surface area contributed by atoms with E-state index in [4.69, 9.17) is 9.47 Å². The zero-order chi connectivity index (χ0) is 18.9. The summed E-state index contributed by atoms with van der Waals surface area (Å²) < 4.78 is 13.7. The van der Waals surface area contributed by atoms with Crippen molar-refractivity contribution in [2.75, 3.05) is 6.61 Å². The van der Waals surface area contributed by atoms with Crippen molar-refractivity contribution in [2.45, 2.75) is 70.4 Å². The van der Waals surface area contributed by atoms with E-state index in [1.807, 2.05) is 11.5 Å². The molecule has 1 fully saturated rings. The molecule has 1 aromatic carbocycles. The third-order valence-electron chi connectivity index (χ3n) is 6.04. The van der Waals surface area contributed by atoms with Crippen LogP contribution >= 0.6 is 0 Å². The fourth-order valence-corrected chi connectivity index (χ4v) is 4.35. The second-order valence-electron chi connectivity index (χ2n) is 8.03. The van der Waals surface area contributed by atoms with E-state index in [0.29, 0.717) is 24.6 Å². The number of fused-ring (bicyclic) bond motifs is 1. The molecule has 4 rings (SSSR count). The monoisotopic (exact) mass is 368 g/mol. The van der Waals surface area contributed by atoms with E-state index >= 15 is 0 Å². The molecule has 1 aliphatic carbocycles. The Morgan fingerprint density at radius 3 is 2.67 bits per heavy atom. The van der Waals surface area contributed by atoms with Crippen LogP contribution in [0.15, 0.2) is 35.1 Å². The molecule has 0 radical (unpaired) electrons. The van der Waals surface area contributed by atoms with Crippen LogP contribution in [0, 0.1) is 0 Å². The summed E-state index contributed by atoms with van der Waals surface area (Å²) in [5.41, 5.74) is 2.43. The van der Waals surface area contributed by atoms with Crippen molar-refractivity contribution in [2.24, 2.45) is 0 Å². The molecule has 1 atom stereocenters. The fraction of sp³-hybridized carbons (Fsp3) is 0.545. The predicted octanol–water partition coefficient (Wildman–Crippen LogP) is 3.87. The number of hydrogen-bond acceptors (Lipinski definition) is 4. The third-order valence-corrected chi connectivity index (χ3v) is 6.04. The van der Waals surface area contributed by atoms with E-state index in [1.165, 1.54) is 37.7 Å². The molecule has 0 N–H and O–H groups in total. The van der Waals surface area contributed by atoms with Gasteiger partial charge in [-0.2, -0.15) is 4.98 Å². The van der Waals surface area contributed by atoms with Gasteiger partial charge in [-0.15, -0.1) is 0 Å². The SMILES string of the molecule is CCc1cc(=O)nc2n1CC(COc1ccc(C3(C)CCCCC3)cc1)O2. The number of benzene rings is 1. The van der Waals surface area contributed by atoms with E-state index < -0.39 is 0 Å². The standard InChI is InChI=1S/C22H28N2O3/c1-3-17-13-20(25)23-21-24(17)14-19(27-21)15-26-18-9-7-16(8-10-18)22(2)11-5-4-6-12-22/h7-10,13,19H,3-6,11-12,14-15H2,1-2H3. The Labute approximate surface area is 160 Å². The van der Waals surface area contributed by atoms with Crippen molar-refractivity contribution >= 4 is 0 Å². The minimum absolute atomic E-state index is 0.125. The van der Waals surface area contributed by atoms with Gasteiger partial charge < -0.3 is 9.47 Å². The molecular formula is C22H28N2O3. The van der Waals surface area contributed by atoms with E-state index in [0.717, 1.165) is 17.9 Å². The van der Waals surface area contributed by atoms with Gasteiger partial charge in [0.2, 0.25) is 0 Å². The van der Waals surface area contributed by atoms with Crippen LogP contribution in [0.4, 0.5) is 0 Å². The van der Waals surface area contributed by atoms with Crippen LogP contribution in [-0.4, -0.2) is 22.3 Å². The highest BCUT2D eigenvalue weighted by Crippen LogP contribution is 2.39. The van der Waals surface area contributed by atoms with Gasteiger partial charge in [0.25, 0.3) is 11.6 Å². The van der Waals surface area contributed by atoms with Crippen molar-refractivity contribution in [3.8, 4) is 11.8 Å². The van der Waals surface area contributed by atoms with Gasteiger partial charge in [0.05, 0.1) is 6.54 Å². The first kappa shape index (κ1) is 18.1. The Hall–Kier alpha value is -2.30. The third kappa shape index (κ3) is 3.73. The molecule has 1 saturated carbocycles. The van der Waals surface area contributed by atoms with Gasteiger partial charge in [-0.3, -0.25) is 9.36 Å². The fourth-order valence-electron chi connectivity index (χ4n) is 4.35. The molecule has 0 amide bonds. The van der Waals surface area contributed by atoms with Gasteiger partial charge in [0.1, 0.15) is 12.4 Å². The first-order chi connectivity index (χ1) is 13.1. The number of hydrogen-bond donors (Lipinski definition) is 0. The summed E-state index contributed by atoms with van der Waals surface area (Å²) in [5.74, 6) is 0.857. The Kier molecular flexibility index (Phi) is 4.94. The topological polar surface area (TPSA) is 53.4 Å². The molecule has 1 aliphatic heterocycles. The summed E-state index contributed by atoms with van der Waals surface area (Å²) >= 11 is 0. The lowest BCUT2D eigenvalue weighted by atomic mass is 9.71. The minimum atomic E-state index is -0.244. The summed E-state index contributed by atoms with van der Waals surface area (Å²) in [6.45, 7) is 5.52.